The first-order valence-electron chi connectivity index (χ1n) is 4.61. The highest BCUT2D eigenvalue weighted by Gasteiger charge is 2.13. The monoisotopic (exact) mass is 299 g/mol. The third-order valence-electron chi connectivity index (χ3n) is 2.14. The number of aliphatic hydroxyl groups excluding tert-OH is 1. The molecule has 0 saturated heterocycles. The lowest BCUT2D eigenvalue weighted by atomic mass is 10.1. The number of ether oxygens (including phenoxy) is 1. The number of rotatable bonds is 3. The van der Waals surface area contributed by atoms with Crippen molar-refractivity contribution in [2.45, 2.75) is 6.10 Å². The van der Waals surface area contributed by atoms with Gasteiger partial charge in [0, 0.05) is 26.5 Å². The Morgan fingerprint density at radius 1 is 1.44 bits per heavy atom. The largest absolute Gasteiger partial charge is 0.495 e. The van der Waals surface area contributed by atoms with Gasteiger partial charge in [0.2, 0.25) is 0 Å². The summed E-state index contributed by atoms with van der Waals surface area (Å²) < 4.78 is 6.04. The van der Waals surface area contributed by atoms with Crippen LogP contribution in [0.15, 0.2) is 34.4 Å². The molecule has 0 radical (unpaired) electrons. The van der Waals surface area contributed by atoms with Gasteiger partial charge in [-0.05, 0) is 28.1 Å². The standard InChI is InChI=1S/C11H10BrNO2S/c1-15-9-2-7(4-13-5-9)11(14)10-3-8(12)6-16-10/h2-6,11,14H,1H3. The summed E-state index contributed by atoms with van der Waals surface area (Å²) in [5.41, 5.74) is 0.730. The molecule has 0 amide bonds. The molecule has 1 unspecified atom stereocenters. The highest BCUT2D eigenvalue weighted by molar-refractivity contribution is 9.10. The van der Waals surface area contributed by atoms with Gasteiger partial charge in [-0.2, -0.15) is 0 Å². The molecule has 2 aromatic rings. The summed E-state index contributed by atoms with van der Waals surface area (Å²) in [5, 5.41) is 12.1. The number of halogens is 1. The molecule has 1 N–H and O–H groups in total. The van der Waals surface area contributed by atoms with E-state index < -0.39 is 6.10 Å². The fourth-order valence-corrected chi connectivity index (χ4v) is 2.79. The summed E-state index contributed by atoms with van der Waals surface area (Å²) in [7, 11) is 1.58. The first-order valence-corrected chi connectivity index (χ1v) is 6.29. The lowest BCUT2D eigenvalue weighted by molar-refractivity contribution is 0.223. The molecule has 0 aliphatic heterocycles. The smallest absolute Gasteiger partial charge is 0.137 e. The van der Waals surface area contributed by atoms with Crippen LogP contribution in [-0.2, 0) is 0 Å². The van der Waals surface area contributed by atoms with E-state index in [0.29, 0.717) is 5.75 Å². The van der Waals surface area contributed by atoms with Crippen molar-refractivity contribution in [1.82, 2.24) is 4.98 Å². The lowest BCUT2D eigenvalue weighted by Gasteiger charge is -2.09. The molecule has 5 heteroatoms. The van der Waals surface area contributed by atoms with E-state index in [1.807, 2.05) is 11.4 Å². The van der Waals surface area contributed by atoms with E-state index >= 15 is 0 Å². The predicted octanol–water partition coefficient (Wildman–Crippen LogP) is 3.00. The fourth-order valence-electron chi connectivity index (χ4n) is 1.33. The van der Waals surface area contributed by atoms with Gasteiger partial charge in [-0.15, -0.1) is 11.3 Å². The molecule has 0 aliphatic rings. The zero-order valence-corrected chi connectivity index (χ0v) is 11.0. The van der Waals surface area contributed by atoms with Crippen LogP contribution in [0.25, 0.3) is 0 Å². The Morgan fingerprint density at radius 2 is 2.25 bits per heavy atom. The Balaban J connectivity index is 2.29. The van der Waals surface area contributed by atoms with Gasteiger partial charge in [-0.25, -0.2) is 0 Å². The van der Waals surface area contributed by atoms with Crippen molar-refractivity contribution in [3.05, 3.63) is 44.8 Å². The second-order valence-corrected chi connectivity index (χ2v) is 5.09. The minimum atomic E-state index is -0.654. The Hall–Kier alpha value is -0.910. The van der Waals surface area contributed by atoms with Gasteiger partial charge < -0.3 is 9.84 Å². The molecule has 0 aliphatic carbocycles. The maximum atomic E-state index is 10.1. The number of pyridine rings is 1. The fraction of sp³-hybridized carbons (Fsp3) is 0.182. The van der Waals surface area contributed by atoms with Gasteiger partial charge >= 0.3 is 0 Å². The van der Waals surface area contributed by atoms with Crippen LogP contribution in [0.4, 0.5) is 0 Å². The third kappa shape index (κ3) is 2.42. The van der Waals surface area contributed by atoms with Gasteiger partial charge in [0.15, 0.2) is 0 Å². The first kappa shape index (κ1) is 11.6. The van der Waals surface area contributed by atoms with Crippen molar-refractivity contribution in [2.75, 3.05) is 7.11 Å². The molecule has 1 atom stereocenters. The van der Waals surface area contributed by atoms with E-state index in [2.05, 4.69) is 20.9 Å². The molecule has 0 fully saturated rings. The minimum absolute atomic E-state index is 0.646. The summed E-state index contributed by atoms with van der Waals surface area (Å²) in [6.07, 6.45) is 2.60. The lowest BCUT2D eigenvalue weighted by Crippen LogP contribution is -1.98. The number of hydrogen-bond acceptors (Lipinski definition) is 4. The van der Waals surface area contributed by atoms with Crippen LogP contribution < -0.4 is 4.74 Å². The third-order valence-corrected chi connectivity index (χ3v) is 3.89. The number of aromatic nitrogens is 1. The van der Waals surface area contributed by atoms with Crippen molar-refractivity contribution in [1.29, 1.82) is 0 Å². The Bertz CT molecular complexity index is 486. The number of thiophene rings is 1. The highest BCUT2D eigenvalue weighted by Crippen LogP contribution is 2.30. The van der Waals surface area contributed by atoms with Crippen LogP contribution in [0, 0.1) is 0 Å². The SMILES string of the molecule is COc1cncc(C(O)c2cc(Br)cs2)c1. The first-order chi connectivity index (χ1) is 7.70. The number of aliphatic hydroxyl groups is 1. The van der Waals surface area contributed by atoms with Crippen molar-refractivity contribution in [3.63, 3.8) is 0 Å². The maximum Gasteiger partial charge on any atom is 0.137 e. The summed E-state index contributed by atoms with van der Waals surface area (Å²) in [4.78, 5) is 4.89. The number of hydrogen-bond donors (Lipinski definition) is 1. The molecule has 0 spiro atoms. The van der Waals surface area contributed by atoms with E-state index in [4.69, 9.17) is 4.74 Å². The molecule has 2 aromatic heterocycles. The Labute approximate surface area is 106 Å². The van der Waals surface area contributed by atoms with E-state index in [1.54, 1.807) is 25.6 Å². The molecule has 0 saturated carbocycles. The van der Waals surface area contributed by atoms with E-state index in [9.17, 15) is 5.11 Å². The topological polar surface area (TPSA) is 42.4 Å². The summed E-state index contributed by atoms with van der Waals surface area (Å²) in [6.45, 7) is 0. The Kier molecular flexibility index (Phi) is 3.58. The Morgan fingerprint density at radius 3 is 2.88 bits per heavy atom. The molecule has 0 aromatic carbocycles. The van der Waals surface area contributed by atoms with Crippen LogP contribution >= 0.6 is 27.3 Å². The van der Waals surface area contributed by atoms with E-state index in [0.717, 1.165) is 14.9 Å². The van der Waals surface area contributed by atoms with Crippen molar-refractivity contribution >= 4 is 27.3 Å². The molecular formula is C11H10BrNO2S. The molecule has 2 heterocycles. The summed E-state index contributed by atoms with van der Waals surface area (Å²) in [5.74, 6) is 0.646. The van der Waals surface area contributed by atoms with Crippen LogP contribution in [0.3, 0.4) is 0 Å². The molecule has 0 bridgehead atoms. The molecule has 16 heavy (non-hydrogen) atoms. The molecular weight excluding hydrogens is 290 g/mol. The van der Waals surface area contributed by atoms with E-state index in [-0.39, 0.29) is 0 Å². The number of nitrogens with zero attached hydrogens (tertiary/aromatic N) is 1. The van der Waals surface area contributed by atoms with Gasteiger partial charge in [-0.1, -0.05) is 0 Å². The molecule has 3 nitrogen and oxygen atoms in total. The predicted molar refractivity (Wildman–Crippen MR) is 66.9 cm³/mol. The van der Waals surface area contributed by atoms with Crippen LogP contribution in [0.1, 0.15) is 16.5 Å². The van der Waals surface area contributed by atoms with Crippen molar-refractivity contribution in [3.8, 4) is 5.75 Å². The minimum Gasteiger partial charge on any atom is -0.495 e. The van der Waals surface area contributed by atoms with Crippen LogP contribution in [0.5, 0.6) is 5.75 Å². The van der Waals surface area contributed by atoms with Crippen LogP contribution in [-0.4, -0.2) is 17.2 Å². The second-order valence-electron chi connectivity index (χ2n) is 3.23. The zero-order valence-electron chi connectivity index (χ0n) is 8.55. The molecule has 2 rings (SSSR count). The second kappa shape index (κ2) is 4.95. The van der Waals surface area contributed by atoms with Gasteiger partial charge in [0.05, 0.1) is 13.3 Å². The highest BCUT2D eigenvalue weighted by atomic mass is 79.9. The van der Waals surface area contributed by atoms with Gasteiger partial charge in [-0.3, -0.25) is 4.98 Å². The number of methoxy groups -OCH3 is 1. The normalized spacial score (nSPS) is 12.4. The van der Waals surface area contributed by atoms with Crippen molar-refractivity contribution < 1.29 is 9.84 Å². The zero-order chi connectivity index (χ0) is 11.5. The van der Waals surface area contributed by atoms with Crippen molar-refractivity contribution in [2.24, 2.45) is 0 Å². The van der Waals surface area contributed by atoms with Crippen LogP contribution in [0.2, 0.25) is 0 Å². The van der Waals surface area contributed by atoms with E-state index in [1.165, 1.54) is 11.3 Å². The average Bonchev–Trinajstić information content (AvgIpc) is 2.75. The molecule has 84 valence electrons. The average molecular weight is 300 g/mol. The van der Waals surface area contributed by atoms with Gasteiger partial charge in [0.25, 0.3) is 0 Å². The van der Waals surface area contributed by atoms with Gasteiger partial charge in [0.1, 0.15) is 11.9 Å². The maximum absolute atomic E-state index is 10.1. The summed E-state index contributed by atoms with van der Waals surface area (Å²) in [6, 6.07) is 3.68. The summed E-state index contributed by atoms with van der Waals surface area (Å²) >= 11 is 4.86. The quantitative estimate of drug-likeness (QED) is 0.947.